The fourth-order valence-corrected chi connectivity index (χ4v) is 11.0. The van der Waals surface area contributed by atoms with Gasteiger partial charge in [-0.15, -0.1) is 5.10 Å². The molecule has 4 aliphatic rings. The normalized spacial score (nSPS) is 37.5. The van der Waals surface area contributed by atoms with Crippen LogP contribution in [-0.4, -0.2) is 130 Å². The third-order valence-electron chi connectivity index (χ3n) is 15.6. The minimum absolute atomic E-state index is 0.00377. The standard InChI is InChI=1S/C53H81N5O11/c1-32-17-13-12-14-18-33(2)45(65-9)29-41-22-20-38(7)53(64,69-41)50(61)51(62)57-24-16-15-19-43(57)52(63)68-46(36(5)27-40-21-23-42(47(28-40)66-10)58-31-54-55-56-58)30-44(59)35(4)26-34(3)39(8)49(67-11)48(60)37(6)25-32/h12-14,17-18,26,31-32,35-43,45-47,49,64H,15-16,19-25,27-30H2,1-11H3/b14-12?,17-13+,33-18?,34-26+/t32-,35-,36-,37-,38-,39-,40+,41?,42+,43?,45+,46+,47-,49-,53-/m1/s1. The Hall–Kier alpha value is -4.22. The number of Topliss-reactive ketones (excluding diaryl/α,β-unsaturated/α-hetero) is 3. The highest BCUT2D eigenvalue weighted by atomic mass is 16.6. The summed E-state index contributed by atoms with van der Waals surface area (Å²) in [6, 6.07) is -1.14. The molecule has 16 heteroatoms. The zero-order valence-corrected chi connectivity index (χ0v) is 43.1. The number of hydrogen-bond acceptors (Lipinski definition) is 14. The molecule has 5 rings (SSSR count). The first kappa shape index (κ1) is 55.7. The maximum atomic E-state index is 14.5. The van der Waals surface area contributed by atoms with E-state index in [4.69, 9.17) is 23.7 Å². The van der Waals surface area contributed by atoms with E-state index in [2.05, 4.69) is 28.5 Å². The smallest absolute Gasteiger partial charge is 0.329 e. The molecule has 1 aromatic rings. The van der Waals surface area contributed by atoms with E-state index in [0.717, 1.165) is 24.0 Å². The number of tetrazole rings is 1. The molecule has 3 fully saturated rings. The van der Waals surface area contributed by atoms with Crippen LogP contribution in [0.5, 0.6) is 0 Å². The van der Waals surface area contributed by atoms with Crippen molar-refractivity contribution in [2.24, 2.45) is 41.4 Å². The Balaban J connectivity index is 1.46. The van der Waals surface area contributed by atoms with Crippen molar-refractivity contribution < 1.29 is 52.8 Å². The Morgan fingerprint density at radius 1 is 0.870 bits per heavy atom. The highest BCUT2D eigenvalue weighted by Crippen LogP contribution is 2.39. The lowest BCUT2D eigenvalue weighted by Crippen LogP contribution is -2.61. The predicted octanol–water partition coefficient (Wildman–Crippen LogP) is 7.32. The van der Waals surface area contributed by atoms with Crippen LogP contribution in [0.4, 0.5) is 0 Å². The van der Waals surface area contributed by atoms with E-state index in [0.29, 0.717) is 51.4 Å². The summed E-state index contributed by atoms with van der Waals surface area (Å²) >= 11 is 0. The lowest BCUT2D eigenvalue weighted by molar-refractivity contribution is -0.265. The Morgan fingerprint density at radius 2 is 1.62 bits per heavy atom. The molecule has 2 unspecified atom stereocenters. The van der Waals surface area contributed by atoms with E-state index < -0.39 is 65.7 Å². The fraction of sp³-hybridized carbons (Fsp3) is 0.736. The lowest BCUT2D eigenvalue weighted by Gasteiger charge is -2.42. The van der Waals surface area contributed by atoms with E-state index in [1.165, 1.54) is 4.90 Å². The van der Waals surface area contributed by atoms with E-state index in [9.17, 15) is 29.1 Å². The molecule has 1 aliphatic carbocycles. The number of piperidine rings is 1. The Bertz CT molecular complexity index is 2020. The number of rotatable bonds is 7. The molecule has 3 aliphatic heterocycles. The van der Waals surface area contributed by atoms with Gasteiger partial charge in [0.2, 0.25) is 5.79 Å². The zero-order valence-electron chi connectivity index (χ0n) is 43.1. The number of aromatic nitrogens is 4. The van der Waals surface area contributed by atoms with Gasteiger partial charge in [-0.1, -0.05) is 83.6 Å². The van der Waals surface area contributed by atoms with Gasteiger partial charge in [0.25, 0.3) is 11.7 Å². The van der Waals surface area contributed by atoms with Crippen LogP contribution in [0.15, 0.2) is 53.9 Å². The first-order chi connectivity index (χ1) is 32.8. The van der Waals surface area contributed by atoms with Crippen molar-refractivity contribution in [3.05, 3.63) is 53.9 Å². The van der Waals surface area contributed by atoms with Crippen LogP contribution >= 0.6 is 0 Å². The number of hydrogen-bond donors (Lipinski definition) is 1. The number of esters is 1. The predicted molar refractivity (Wildman–Crippen MR) is 259 cm³/mol. The lowest BCUT2D eigenvalue weighted by atomic mass is 9.77. The molecule has 0 aromatic carbocycles. The topological polar surface area (TPSA) is 199 Å². The maximum absolute atomic E-state index is 14.5. The number of methoxy groups -OCH3 is 3. The van der Waals surface area contributed by atoms with Gasteiger partial charge in [-0.05, 0) is 112 Å². The Morgan fingerprint density at radius 3 is 2.30 bits per heavy atom. The molecule has 4 heterocycles. The summed E-state index contributed by atoms with van der Waals surface area (Å²) in [6.45, 7) is 15.4. The SMILES string of the molecule is CO[C@H]1CC2CC[C@@H](C)[C@@](O)(O2)C(=O)C(=O)N2CCCCC2C(=O)O[C@H]([C@H](C)C[C@@H]2CC[C@H](n3cnnn3)[C@H](OC)C2)CC(=O)[C@H](C)/C=C(\C)[C@@H](C)[C@@H](OC)C(=O)[C@H](C)C[C@H](C)/C=C/C=CC=C1C. The molecule has 1 N–H and O–H groups in total. The highest BCUT2D eigenvalue weighted by molar-refractivity contribution is 6.39. The minimum Gasteiger partial charge on any atom is -0.460 e. The van der Waals surface area contributed by atoms with Gasteiger partial charge in [0.15, 0.2) is 5.78 Å². The molecular formula is C53H81N5O11. The number of amides is 1. The average Bonchev–Trinajstić information content (AvgIpc) is 3.88. The number of nitrogens with zero attached hydrogens (tertiary/aromatic N) is 5. The van der Waals surface area contributed by atoms with E-state index >= 15 is 0 Å². The van der Waals surface area contributed by atoms with Gasteiger partial charge in [-0.3, -0.25) is 19.2 Å². The second-order valence-corrected chi connectivity index (χ2v) is 20.7. The molecule has 0 spiro atoms. The number of allylic oxidation sites excluding steroid dienone is 6. The number of carbonyl (C=O) groups excluding carboxylic acids is 5. The summed E-state index contributed by atoms with van der Waals surface area (Å²) in [5, 5.41) is 23.8. The molecule has 2 saturated heterocycles. The van der Waals surface area contributed by atoms with Crippen molar-refractivity contribution in [1.82, 2.24) is 25.1 Å². The van der Waals surface area contributed by atoms with Gasteiger partial charge in [0, 0.05) is 64.4 Å². The van der Waals surface area contributed by atoms with Crippen molar-refractivity contribution in [3.8, 4) is 0 Å². The van der Waals surface area contributed by atoms with Crippen LogP contribution < -0.4 is 0 Å². The van der Waals surface area contributed by atoms with Crippen LogP contribution in [0.2, 0.25) is 0 Å². The third-order valence-corrected chi connectivity index (χ3v) is 15.6. The third kappa shape index (κ3) is 14.2. The number of fused-ring (bicyclic) bond motifs is 3. The van der Waals surface area contributed by atoms with Crippen LogP contribution in [0.1, 0.15) is 138 Å². The number of ketones is 3. The van der Waals surface area contributed by atoms with Crippen molar-refractivity contribution in [2.45, 2.75) is 181 Å². The molecule has 16 nitrogen and oxygen atoms in total. The van der Waals surface area contributed by atoms with Crippen LogP contribution in [0.25, 0.3) is 0 Å². The fourth-order valence-electron chi connectivity index (χ4n) is 11.0. The Labute approximate surface area is 410 Å². The zero-order chi connectivity index (χ0) is 50.6. The average molecular weight is 964 g/mol. The monoisotopic (exact) mass is 964 g/mol. The maximum Gasteiger partial charge on any atom is 0.329 e. The van der Waals surface area contributed by atoms with Gasteiger partial charge in [-0.25, -0.2) is 9.48 Å². The number of aliphatic hydroxyl groups is 1. The van der Waals surface area contributed by atoms with Gasteiger partial charge in [0.05, 0.1) is 24.4 Å². The highest BCUT2D eigenvalue weighted by Gasteiger charge is 2.53. The summed E-state index contributed by atoms with van der Waals surface area (Å²) in [7, 11) is 4.81. The molecule has 1 saturated carbocycles. The number of ether oxygens (including phenoxy) is 5. The molecular weight excluding hydrogens is 883 g/mol. The molecule has 15 atom stereocenters. The minimum atomic E-state index is -2.41. The van der Waals surface area contributed by atoms with Gasteiger partial charge < -0.3 is 33.7 Å². The molecule has 384 valence electrons. The number of cyclic esters (lactones) is 1. The van der Waals surface area contributed by atoms with Crippen molar-refractivity contribution in [1.29, 1.82) is 0 Å². The summed E-state index contributed by atoms with van der Waals surface area (Å²) in [5.74, 6) is -7.27. The second kappa shape index (κ2) is 25.8. The Kier molecular flexibility index (Phi) is 20.8. The molecule has 1 aromatic heterocycles. The van der Waals surface area contributed by atoms with Gasteiger partial charge >= 0.3 is 5.97 Å². The summed E-state index contributed by atoms with van der Waals surface area (Å²) in [5.41, 5.74) is 1.74. The van der Waals surface area contributed by atoms with Crippen molar-refractivity contribution >= 4 is 29.2 Å². The largest absolute Gasteiger partial charge is 0.460 e. The van der Waals surface area contributed by atoms with Gasteiger partial charge in [0.1, 0.15) is 30.4 Å². The van der Waals surface area contributed by atoms with Crippen molar-refractivity contribution in [2.75, 3.05) is 27.9 Å². The molecule has 1 amide bonds. The second-order valence-electron chi connectivity index (χ2n) is 20.7. The van der Waals surface area contributed by atoms with Crippen molar-refractivity contribution in [3.63, 3.8) is 0 Å². The number of carbonyl (C=O) groups is 5. The molecule has 69 heavy (non-hydrogen) atoms. The first-order valence-corrected chi connectivity index (χ1v) is 25.4. The summed E-state index contributed by atoms with van der Waals surface area (Å²) < 4.78 is 31.9. The van der Waals surface area contributed by atoms with E-state index in [1.807, 2.05) is 71.9 Å². The molecule has 2 bridgehead atoms. The van der Waals surface area contributed by atoms with Gasteiger partial charge in [-0.2, -0.15) is 0 Å². The quantitative estimate of drug-likeness (QED) is 0.162. The summed E-state index contributed by atoms with van der Waals surface area (Å²) in [6.07, 6.45) is 16.7. The molecule has 0 radical (unpaired) electrons. The van der Waals surface area contributed by atoms with Crippen LogP contribution in [-0.2, 0) is 47.7 Å². The first-order valence-electron chi connectivity index (χ1n) is 25.4. The van der Waals surface area contributed by atoms with Crippen LogP contribution in [0.3, 0.4) is 0 Å². The van der Waals surface area contributed by atoms with Crippen LogP contribution in [0, 0.1) is 41.4 Å². The van der Waals surface area contributed by atoms with E-state index in [-0.39, 0.29) is 72.7 Å². The summed E-state index contributed by atoms with van der Waals surface area (Å²) in [4.78, 5) is 72.6. The van der Waals surface area contributed by atoms with E-state index in [1.54, 1.807) is 39.3 Å².